The van der Waals surface area contributed by atoms with Gasteiger partial charge in [-0.15, -0.1) is 0 Å². The number of aromatic nitrogens is 1. The minimum atomic E-state index is -0.124. The van der Waals surface area contributed by atoms with Gasteiger partial charge in [-0.1, -0.05) is 18.2 Å². The van der Waals surface area contributed by atoms with Crippen molar-refractivity contribution in [3.63, 3.8) is 0 Å². The standard InChI is InChI=1S/C26H27N3O3/c1-18-15-21(10-11-27-18)26(30)28-22-7-4-19(5-8-22)17-29-12-2-3-23(29)20-6-9-24-25(16-20)32-14-13-31-24/h4-11,15-16,23H,2-3,12-14,17H2,1H3,(H,28,30). The van der Waals surface area contributed by atoms with Gasteiger partial charge in [-0.05, 0) is 73.8 Å². The number of likely N-dealkylation sites (tertiary alicyclic amines) is 1. The molecule has 6 heteroatoms. The zero-order valence-corrected chi connectivity index (χ0v) is 18.2. The van der Waals surface area contributed by atoms with Gasteiger partial charge >= 0.3 is 0 Å². The van der Waals surface area contributed by atoms with Crippen molar-refractivity contribution in [1.29, 1.82) is 0 Å². The number of fused-ring (bicyclic) bond motifs is 1. The molecule has 5 rings (SSSR count). The lowest BCUT2D eigenvalue weighted by Crippen LogP contribution is -2.23. The van der Waals surface area contributed by atoms with Gasteiger partial charge in [-0.3, -0.25) is 14.7 Å². The normalized spacial score (nSPS) is 17.8. The van der Waals surface area contributed by atoms with Crippen LogP contribution in [0.4, 0.5) is 5.69 Å². The highest BCUT2D eigenvalue weighted by atomic mass is 16.6. The van der Waals surface area contributed by atoms with Crippen LogP contribution in [0.5, 0.6) is 11.5 Å². The molecule has 1 fully saturated rings. The number of carbonyl (C=O) groups is 1. The highest BCUT2D eigenvalue weighted by molar-refractivity contribution is 6.04. The molecule has 2 aromatic carbocycles. The van der Waals surface area contributed by atoms with Gasteiger partial charge in [-0.25, -0.2) is 0 Å². The second-order valence-electron chi connectivity index (χ2n) is 8.37. The van der Waals surface area contributed by atoms with E-state index in [2.05, 4.69) is 39.5 Å². The number of benzene rings is 2. The third-order valence-electron chi connectivity index (χ3n) is 6.07. The van der Waals surface area contributed by atoms with E-state index >= 15 is 0 Å². The van der Waals surface area contributed by atoms with E-state index in [1.165, 1.54) is 17.5 Å². The van der Waals surface area contributed by atoms with E-state index in [1.54, 1.807) is 18.3 Å². The zero-order valence-electron chi connectivity index (χ0n) is 18.2. The van der Waals surface area contributed by atoms with E-state index in [0.29, 0.717) is 24.8 Å². The predicted molar refractivity (Wildman–Crippen MR) is 123 cm³/mol. The fourth-order valence-corrected chi connectivity index (χ4v) is 4.48. The largest absolute Gasteiger partial charge is 0.486 e. The van der Waals surface area contributed by atoms with Crippen molar-refractivity contribution in [2.75, 3.05) is 25.1 Å². The van der Waals surface area contributed by atoms with E-state index in [4.69, 9.17) is 9.47 Å². The highest BCUT2D eigenvalue weighted by Crippen LogP contribution is 2.38. The number of carbonyl (C=O) groups excluding carboxylic acids is 1. The Balaban J connectivity index is 1.24. The summed E-state index contributed by atoms with van der Waals surface area (Å²) >= 11 is 0. The van der Waals surface area contributed by atoms with Gasteiger partial charge in [0.15, 0.2) is 11.5 Å². The van der Waals surface area contributed by atoms with Crippen LogP contribution in [0, 0.1) is 6.92 Å². The Kier molecular flexibility index (Phi) is 5.77. The van der Waals surface area contributed by atoms with Gasteiger partial charge in [0, 0.05) is 35.7 Å². The van der Waals surface area contributed by atoms with E-state index < -0.39 is 0 Å². The van der Waals surface area contributed by atoms with Gasteiger partial charge in [0.2, 0.25) is 0 Å². The molecule has 1 atom stereocenters. The number of hydrogen-bond donors (Lipinski definition) is 1. The minimum absolute atomic E-state index is 0.124. The number of nitrogens with one attached hydrogen (secondary N) is 1. The van der Waals surface area contributed by atoms with Crippen LogP contribution in [-0.4, -0.2) is 35.5 Å². The van der Waals surface area contributed by atoms with Crippen molar-refractivity contribution < 1.29 is 14.3 Å². The van der Waals surface area contributed by atoms with Crippen LogP contribution < -0.4 is 14.8 Å². The Bertz CT molecular complexity index is 1110. The van der Waals surface area contributed by atoms with Crippen LogP contribution in [0.1, 0.15) is 46.1 Å². The van der Waals surface area contributed by atoms with Crippen molar-refractivity contribution >= 4 is 11.6 Å². The summed E-state index contributed by atoms with van der Waals surface area (Å²) in [4.78, 5) is 19.1. The Morgan fingerprint density at radius 2 is 1.88 bits per heavy atom. The molecule has 1 N–H and O–H groups in total. The molecule has 2 aliphatic heterocycles. The second kappa shape index (κ2) is 9.01. The quantitative estimate of drug-likeness (QED) is 0.634. The molecule has 0 spiro atoms. The van der Waals surface area contributed by atoms with E-state index in [-0.39, 0.29) is 5.91 Å². The second-order valence-corrected chi connectivity index (χ2v) is 8.37. The van der Waals surface area contributed by atoms with Crippen molar-refractivity contribution in [1.82, 2.24) is 9.88 Å². The number of hydrogen-bond acceptors (Lipinski definition) is 5. The number of anilines is 1. The minimum Gasteiger partial charge on any atom is -0.486 e. The lowest BCUT2D eigenvalue weighted by molar-refractivity contribution is 0.102. The number of aryl methyl sites for hydroxylation is 1. The van der Waals surface area contributed by atoms with Gasteiger partial charge < -0.3 is 14.8 Å². The molecular weight excluding hydrogens is 402 g/mol. The average molecular weight is 430 g/mol. The SMILES string of the molecule is Cc1cc(C(=O)Nc2ccc(CN3CCCC3c3ccc4c(c3)OCCO4)cc2)ccn1. The van der Waals surface area contributed by atoms with Crippen molar-refractivity contribution in [3.8, 4) is 11.5 Å². The average Bonchev–Trinajstić information content (AvgIpc) is 3.28. The monoisotopic (exact) mass is 429 g/mol. The predicted octanol–water partition coefficient (Wildman–Crippen LogP) is 4.75. The molecule has 1 aromatic heterocycles. The summed E-state index contributed by atoms with van der Waals surface area (Å²) in [6, 6.07) is 18.3. The summed E-state index contributed by atoms with van der Waals surface area (Å²) in [5.74, 6) is 1.57. The van der Waals surface area contributed by atoms with Crippen molar-refractivity contribution in [2.24, 2.45) is 0 Å². The van der Waals surface area contributed by atoms with E-state index in [0.717, 1.165) is 42.4 Å². The maximum atomic E-state index is 12.5. The van der Waals surface area contributed by atoms with Crippen LogP contribution in [0.25, 0.3) is 0 Å². The summed E-state index contributed by atoms with van der Waals surface area (Å²) in [6.45, 7) is 5.03. The summed E-state index contributed by atoms with van der Waals surface area (Å²) in [6.07, 6.45) is 3.97. The fourth-order valence-electron chi connectivity index (χ4n) is 4.48. The Labute approximate surface area is 188 Å². The van der Waals surface area contributed by atoms with Gasteiger partial charge in [-0.2, -0.15) is 0 Å². The lowest BCUT2D eigenvalue weighted by atomic mass is 10.0. The molecule has 1 unspecified atom stereocenters. The summed E-state index contributed by atoms with van der Waals surface area (Å²) < 4.78 is 11.4. The van der Waals surface area contributed by atoms with Crippen molar-refractivity contribution in [2.45, 2.75) is 32.4 Å². The number of rotatable bonds is 5. The van der Waals surface area contributed by atoms with Crippen LogP contribution in [0.3, 0.4) is 0 Å². The van der Waals surface area contributed by atoms with E-state index in [1.807, 2.05) is 25.1 Å². The summed E-state index contributed by atoms with van der Waals surface area (Å²) in [5, 5.41) is 2.96. The maximum absolute atomic E-state index is 12.5. The first-order valence-corrected chi connectivity index (χ1v) is 11.1. The summed E-state index contributed by atoms with van der Waals surface area (Å²) in [7, 11) is 0. The Morgan fingerprint density at radius 3 is 2.69 bits per heavy atom. The number of ether oxygens (including phenoxy) is 2. The molecule has 6 nitrogen and oxygen atoms in total. The van der Waals surface area contributed by atoms with E-state index in [9.17, 15) is 4.79 Å². The van der Waals surface area contributed by atoms with Crippen molar-refractivity contribution in [3.05, 3.63) is 83.2 Å². The van der Waals surface area contributed by atoms with Crippen LogP contribution in [0.15, 0.2) is 60.8 Å². The van der Waals surface area contributed by atoms with Gasteiger partial charge in [0.1, 0.15) is 13.2 Å². The molecule has 1 amide bonds. The van der Waals surface area contributed by atoms with Gasteiger partial charge in [0.25, 0.3) is 5.91 Å². The topological polar surface area (TPSA) is 63.7 Å². The highest BCUT2D eigenvalue weighted by Gasteiger charge is 2.27. The molecule has 1 saturated heterocycles. The molecule has 3 aromatic rings. The van der Waals surface area contributed by atoms with Crippen LogP contribution in [0.2, 0.25) is 0 Å². The molecule has 0 bridgehead atoms. The lowest BCUT2D eigenvalue weighted by Gasteiger charge is -2.26. The number of pyridine rings is 1. The molecule has 0 radical (unpaired) electrons. The molecule has 3 heterocycles. The number of nitrogens with zero attached hydrogens (tertiary/aromatic N) is 2. The third-order valence-corrected chi connectivity index (χ3v) is 6.07. The summed E-state index contributed by atoms with van der Waals surface area (Å²) in [5.41, 5.74) is 4.74. The molecule has 0 aliphatic carbocycles. The molecular formula is C26H27N3O3. The fraction of sp³-hybridized carbons (Fsp3) is 0.308. The molecule has 32 heavy (non-hydrogen) atoms. The first-order valence-electron chi connectivity index (χ1n) is 11.1. The van der Waals surface area contributed by atoms with Gasteiger partial charge in [0.05, 0.1) is 0 Å². The van der Waals surface area contributed by atoms with Crippen LogP contribution in [-0.2, 0) is 6.54 Å². The Hall–Kier alpha value is -3.38. The zero-order chi connectivity index (χ0) is 21.9. The Morgan fingerprint density at radius 1 is 1.06 bits per heavy atom. The van der Waals surface area contributed by atoms with Crippen LogP contribution >= 0.6 is 0 Å². The molecule has 0 saturated carbocycles. The maximum Gasteiger partial charge on any atom is 0.255 e. The molecule has 2 aliphatic rings. The first-order chi connectivity index (χ1) is 15.7. The molecule has 164 valence electrons. The smallest absolute Gasteiger partial charge is 0.255 e. The number of amides is 1. The first kappa shape index (κ1) is 20.5. The third kappa shape index (κ3) is 4.46.